The van der Waals surface area contributed by atoms with Crippen LogP contribution in [0.5, 0.6) is 5.75 Å². The first kappa shape index (κ1) is 30.7. The number of rotatable bonds is 14. The Morgan fingerprint density at radius 1 is 0.900 bits per heavy atom. The second-order valence-corrected chi connectivity index (χ2v) is 11.3. The lowest BCUT2D eigenvalue weighted by molar-refractivity contribution is -0.140. The Balaban J connectivity index is 2.02. The maximum absolute atomic E-state index is 14.0. The molecule has 0 fully saturated rings. The Hall–Kier alpha value is -3.85. The fraction of sp³-hybridized carbons (Fsp3) is 0.355. The van der Waals surface area contributed by atoms with Gasteiger partial charge in [-0.25, -0.2) is 8.42 Å². The Bertz CT molecular complexity index is 1340. The van der Waals surface area contributed by atoms with Crippen molar-refractivity contribution >= 4 is 27.5 Å². The topological polar surface area (TPSA) is 96.0 Å². The average Bonchev–Trinajstić information content (AvgIpc) is 2.96. The van der Waals surface area contributed by atoms with E-state index >= 15 is 0 Å². The van der Waals surface area contributed by atoms with Gasteiger partial charge in [0, 0.05) is 13.1 Å². The molecule has 0 aliphatic carbocycles. The predicted octanol–water partition coefficient (Wildman–Crippen LogP) is 4.92. The molecule has 40 heavy (non-hydrogen) atoms. The Labute approximate surface area is 238 Å². The molecule has 8 nitrogen and oxygen atoms in total. The van der Waals surface area contributed by atoms with E-state index in [4.69, 9.17) is 4.74 Å². The Morgan fingerprint density at radius 2 is 1.55 bits per heavy atom. The lowest BCUT2D eigenvalue weighted by atomic mass is 10.1. The largest absolute Gasteiger partial charge is 0.494 e. The fourth-order valence-corrected chi connectivity index (χ4v) is 5.72. The zero-order valence-electron chi connectivity index (χ0n) is 23.7. The van der Waals surface area contributed by atoms with E-state index in [0.29, 0.717) is 31.0 Å². The molecule has 2 amide bonds. The van der Waals surface area contributed by atoms with Crippen molar-refractivity contribution in [1.82, 2.24) is 10.2 Å². The quantitative estimate of drug-likeness (QED) is 0.299. The summed E-state index contributed by atoms with van der Waals surface area (Å²) >= 11 is 0. The number of carbonyl (C=O) groups is 2. The van der Waals surface area contributed by atoms with Crippen LogP contribution >= 0.6 is 0 Å². The third-order valence-corrected chi connectivity index (χ3v) is 8.24. The maximum Gasteiger partial charge on any atom is 0.264 e. The van der Waals surface area contributed by atoms with Crippen molar-refractivity contribution in [1.29, 1.82) is 0 Å². The van der Waals surface area contributed by atoms with Crippen LogP contribution in [0, 0.1) is 6.92 Å². The van der Waals surface area contributed by atoms with Gasteiger partial charge in [0.25, 0.3) is 10.0 Å². The molecule has 0 heterocycles. The van der Waals surface area contributed by atoms with E-state index in [1.54, 1.807) is 36.4 Å². The number of nitrogens with one attached hydrogen (secondary N) is 1. The molecule has 0 saturated carbocycles. The minimum atomic E-state index is -4.14. The summed E-state index contributed by atoms with van der Waals surface area (Å²) in [4.78, 5) is 28.6. The molecule has 0 aliphatic rings. The molecule has 3 aromatic rings. The molecule has 0 saturated heterocycles. The standard InChI is InChI=1S/C31H39N3O5S/c1-5-21-32-31(36)29(6-2)33(22-25-11-9-8-10-12-25)30(35)23-34(26-15-13-24(4)14-16-26)40(37,38)28-19-17-27(18-20-28)39-7-3/h8-20,29H,5-7,21-23H2,1-4H3,(H,32,36). The van der Waals surface area contributed by atoms with Gasteiger partial charge in [0.05, 0.1) is 17.2 Å². The zero-order valence-corrected chi connectivity index (χ0v) is 24.5. The van der Waals surface area contributed by atoms with Gasteiger partial charge in [0.1, 0.15) is 18.3 Å². The highest BCUT2D eigenvalue weighted by molar-refractivity contribution is 7.92. The molecular weight excluding hydrogens is 526 g/mol. The lowest BCUT2D eigenvalue weighted by Gasteiger charge is -2.33. The first-order valence-corrected chi connectivity index (χ1v) is 15.1. The predicted molar refractivity (Wildman–Crippen MR) is 158 cm³/mol. The van der Waals surface area contributed by atoms with E-state index in [9.17, 15) is 18.0 Å². The van der Waals surface area contributed by atoms with E-state index in [1.807, 2.05) is 58.0 Å². The highest BCUT2D eigenvalue weighted by atomic mass is 32.2. The monoisotopic (exact) mass is 565 g/mol. The van der Waals surface area contributed by atoms with E-state index < -0.39 is 28.5 Å². The first-order valence-electron chi connectivity index (χ1n) is 13.6. The molecule has 0 spiro atoms. The molecular formula is C31H39N3O5S. The minimum Gasteiger partial charge on any atom is -0.494 e. The van der Waals surface area contributed by atoms with Gasteiger partial charge in [-0.3, -0.25) is 13.9 Å². The summed E-state index contributed by atoms with van der Waals surface area (Å²) in [6, 6.07) is 21.7. The van der Waals surface area contributed by atoms with Gasteiger partial charge >= 0.3 is 0 Å². The summed E-state index contributed by atoms with van der Waals surface area (Å²) in [6.45, 7) is 8.20. The van der Waals surface area contributed by atoms with Crippen LogP contribution in [0.3, 0.4) is 0 Å². The van der Waals surface area contributed by atoms with Crippen molar-refractivity contribution in [3.05, 3.63) is 90.0 Å². The van der Waals surface area contributed by atoms with Crippen LogP contribution in [0.25, 0.3) is 0 Å². The molecule has 0 aliphatic heterocycles. The fourth-order valence-electron chi connectivity index (χ4n) is 4.31. The van der Waals surface area contributed by atoms with Crippen molar-refractivity contribution in [2.75, 3.05) is 24.0 Å². The molecule has 1 unspecified atom stereocenters. The van der Waals surface area contributed by atoms with Gasteiger partial charge in [0.2, 0.25) is 11.8 Å². The minimum absolute atomic E-state index is 0.0340. The number of ether oxygens (including phenoxy) is 1. The number of aryl methyl sites for hydroxylation is 1. The van der Waals surface area contributed by atoms with E-state index in [1.165, 1.54) is 17.0 Å². The summed E-state index contributed by atoms with van der Waals surface area (Å²) in [5.41, 5.74) is 2.16. The van der Waals surface area contributed by atoms with Crippen molar-refractivity contribution in [2.45, 2.75) is 58.0 Å². The van der Waals surface area contributed by atoms with Gasteiger partial charge in [-0.15, -0.1) is 0 Å². The number of anilines is 1. The van der Waals surface area contributed by atoms with Gasteiger partial charge in [0.15, 0.2) is 0 Å². The summed E-state index contributed by atoms with van der Waals surface area (Å²) < 4.78 is 34.5. The first-order chi connectivity index (χ1) is 19.2. The molecule has 1 N–H and O–H groups in total. The molecule has 0 aromatic heterocycles. The molecule has 0 bridgehead atoms. The van der Waals surface area contributed by atoms with Crippen LogP contribution in [0.2, 0.25) is 0 Å². The van der Waals surface area contributed by atoms with E-state index in [0.717, 1.165) is 21.9 Å². The van der Waals surface area contributed by atoms with E-state index in [2.05, 4.69) is 5.32 Å². The number of amides is 2. The second-order valence-electron chi connectivity index (χ2n) is 9.47. The smallest absolute Gasteiger partial charge is 0.264 e. The summed E-state index contributed by atoms with van der Waals surface area (Å²) in [7, 11) is -4.14. The van der Waals surface area contributed by atoms with Crippen molar-refractivity contribution in [2.24, 2.45) is 0 Å². The highest BCUT2D eigenvalue weighted by Crippen LogP contribution is 2.26. The molecule has 0 radical (unpaired) electrons. The van der Waals surface area contributed by atoms with Crippen LogP contribution < -0.4 is 14.4 Å². The molecule has 9 heteroatoms. The third-order valence-electron chi connectivity index (χ3n) is 6.45. The van der Waals surface area contributed by atoms with Crippen molar-refractivity contribution in [3.8, 4) is 5.75 Å². The Morgan fingerprint density at radius 3 is 2.12 bits per heavy atom. The number of carbonyl (C=O) groups excluding carboxylic acids is 2. The van der Waals surface area contributed by atoms with Gasteiger partial charge in [-0.1, -0.05) is 61.9 Å². The van der Waals surface area contributed by atoms with E-state index in [-0.39, 0.29) is 17.3 Å². The number of benzene rings is 3. The zero-order chi connectivity index (χ0) is 29.1. The summed E-state index contributed by atoms with van der Waals surface area (Å²) in [5.74, 6) is -0.181. The van der Waals surface area contributed by atoms with Crippen molar-refractivity contribution < 1.29 is 22.7 Å². The molecule has 3 aromatic carbocycles. The highest BCUT2D eigenvalue weighted by Gasteiger charge is 2.33. The normalized spacial score (nSPS) is 11.9. The number of nitrogens with zero attached hydrogens (tertiary/aromatic N) is 2. The van der Waals surface area contributed by atoms with Crippen LogP contribution in [-0.2, 0) is 26.2 Å². The summed E-state index contributed by atoms with van der Waals surface area (Å²) in [5, 5.41) is 2.89. The van der Waals surface area contributed by atoms with Crippen LogP contribution in [0.1, 0.15) is 44.7 Å². The molecule has 3 rings (SSSR count). The number of hydrogen-bond acceptors (Lipinski definition) is 5. The maximum atomic E-state index is 14.0. The Kier molecular flexibility index (Phi) is 11.1. The second kappa shape index (κ2) is 14.5. The van der Waals surface area contributed by atoms with Gasteiger partial charge < -0.3 is 15.0 Å². The summed E-state index contributed by atoms with van der Waals surface area (Å²) in [6.07, 6.45) is 1.14. The SMILES string of the molecule is CCCNC(=O)C(CC)N(Cc1ccccc1)C(=O)CN(c1ccc(C)cc1)S(=O)(=O)c1ccc(OCC)cc1. The van der Waals surface area contributed by atoms with Gasteiger partial charge in [-0.05, 0) is 68.7 Å². The number of hydrogen-bond donors (Lipinski definition) is 1. The molecule has 214 valence electrons. The van der Waals surface area contributed by atoms with Gasteiger partial charge in [-0.2, -0.15) is 0 Å². The lowest BCUT2D eigenvalue weighted by Crippen LogP contribution is -2.52. The van der Waals surface area contributed by atoms with Crippen LogP contribution in [-0.4, -0.2) is 50.9 Å². The molecule has 1 atom stereocenters. The third kappa shape index (κ3) is 7.85. The van der Waals surface area contributed by atoms with Crippen molar-refractivity contribution in [3.63, 3.8) is 0 Å². The van der Waals surface area contributed by atoms with Crippen LogP contribution in [0.15, 0.2) is 83.8 Å². The van der Waals surface area contributed by atoms with Crippen LogP contribution in [0.4, 0.5) is 5.69 Å². The number of sulfonamides is 1. The average molecular weight is 566 g/mol.